The van der Waals surface area contributed by atoms with Gasteiger partial charge in [0.1, 0.15) is 0 Å². The van der Waals surface area contributed by atoms with E-state index in [1.807, 2.05) is 0 Å². The highest BCUT2D eigenvalue weighted by Gasteiger charge is 2.22. The van der Waals surface area contributed by atoms with Crippen molar-refractivity contribution >= 4 is 93.8 Å². The number of hydrogen-bond acceptors (Lipinski definition) is 2. The standard InChI is InChI=1S/C60H45N3/c1-3-40-20-26-50(27-21-40)61(48-16-10-6-11-17-48)52-30-24-43-34-54-56-36-47(42-14-8-5-9-15-42)37-57-55-35-44-25-31-53(33-46(44)39-59(55)63(60(56)57)58(54)38-45(43)32-52)62(49-18-12-7-13-19-49)51-28-22-41(4-2)23-29-51/h5-39H,3-4H2,1-2H3. The molecule has 0 amide bonds. The minimum Gasteiger partial charge on any atom is -0.310 e. The van der Waals surface area contributed by atoms with Crippen molar-refractivity contribution in [2.45, 2.75) is 26.7 Å². The molecule has 0 spiro atoms. The van der Waals surface area contributed by atoms with Gasteiger partial charge in [0.15, 0.2) is 0 Å². The van der Waals surface area contributed by atoms with Crippen LogP contribution < -0.4 is 9.80 Å². The Kier molecular flexibility index (Phi) is 8.75. The molecular weight excluding hydrogens is 763 g/mol. The van der Waals surface area contributed by atoms with Crippen LogP contribution in [-0.2, 0) is 12.8 Å². The summed E-state index contributed by atoms with van der Waals surface area (Å²) in [5, 5.41) is 9.96. The molecule has 12 rings (SSSR count). The van der Waals surface area contributed by atoms with Crippen LogP contribution in [0.5, 0.6) is 0 Å². The van der Waals surface area contributed by atoms with Gasteiger partial charge in [0.25, 0.3) is 0 Å². The summed E-state index contributed by atoms with van der Waals surface area (Å²) in [4.78, 5) is 4.74. The summed E-state index contributed by atoms with van der Waals surface area (Å²) >= 11 is 0. The molecule has 0 radical (unpaired) electrons. The Labute approximate surface area is 367 Å². The van der Waals surface area contributed by atoms with Crippen molar-refractivity contribution in [1.29, 1.82) is 0 Å². The average Bonchev–Trinajstić information content (AvgIpc) is 3.84. The predicted octanol–water partition coefficient (Wildman–Crippen LogP) is 16.9. The Bertz CT molecular complexity index is 3390. The van der Waals surface area contributed by atoms with Crippen LogP contribution in [0, 0.1) is 0 Å². The van der Waals surface area contributed by atoms with Crippen LogP contribution >= 0.6 is 0 Å². The van der Waals surface area contributed by atoms with Gasteiger partial charge in [-0.3, -0.25) is 0 Å². The van der Waals surface area contributed by atoms with Crippen molar-refractivity contribution in [3.05, 3.63) is 223 Å². The van der Waals surface area contributed by atoms with Crippen LogP contribution in [0.4, 0.5) is 34.1 Å². The Morgan fingerprint density at radius 2 is 0.714 bits per heavy atom. The molecule has 2 aromatic heterocycles. The molecule has 12 aromatic rings. The van der Waals surface area contributed by atoms with Gasteiger partial charge in [0.05, 0.1) is 16.6 Å². The first kappa shape index (κ1) is 36.9. The van der Waals surface area contributed by atoms with Gasteiger partial charge < -0.3 is 14.2 Å². The lowest BCUT2D eigenvalue weighted by Gasteiger charge is -2.26. The lowest BCUT2D eigenvalue weighted by molar-refractivity contribution is 1.14. The van der Waals surface area contributed by atoms with E-state index in [4.69, 9.17) is 0 Å². The summed E-state index contributed by atoms with van der Waals surface area (Å²) < 4.78 is 2.54. The van der Waals surface area contributed by atoms with Gasteiger partial charge in [0, 0.05) is 55.7 Å². The van der Waals surface area contributed by atoms with Crippen molar-refractivity contribution in [3.8, 4) is 11.1 Å². The molecule has 0 N–H and O–H groups in total. The Hall–Kier alpha value is -7.88. The number of hydrogen-bond donors (Lipinski definition) is 0. The molecule has 0 bridgehead atoms. The largest absolute Gasteiger partial charge is 0.310 e. The van der Waals surface area contributed by atoms with E-state index in [1.54, 1.807) is 0 Å². The van der Waals surface area contributed by atoms with Gasteiger partial charge in [-0.15, -0.1) is 0 Å². The molecule has 0 saturated heterocycles. The first-order chi connectivity index (χ1) is 31.1. The third-order valence-corrected chi connectivity index (χ3v) is 13.1. The maximum absolute atomic E-state index is 2.54. The number of fused-ring (bicyclic) bond motifs is 8. The fraction of sp³-hybridized carbons (Fsp3) is 0.0667. The van der Waals surface area contributed by atoms with E-state index in [9.17, 15) is 0 Å². The van der Waals surface area contributed by atoms with E-state index in [-0.39, 0.29) is 0 Å². The second kappa shape index (κ2) is 14.9. The zero-order chi connectivity index (χ0) is 42.0. The quantitative estimate of drug-likeness (QED) is 0.144. The fourth-order valence-electron chi connectivity index (χ4n) is 9.89. The van der Waals surface area contributed by atoms with Crippen molar-refractivity contribution in [2.75, 3.05) is 9.80 Å². The molecule has 0 atom stereocenters. The van der Waals surface area contributed by atoms with Gasteiger partial charge in [-0.1, -0.05) is 117 Å². The second-order valence-electron chi connectivity index (χ2n) is 16.8. The lowest BCUT2D eigenvalue weighted by Crippen LogP contribution is -2.09. The number of aryl methyl sites for hydroxylation is 2. The van der Waals surface area contributed by atoms with E-state index >= 15 is 0 Å². The van der Waals surface area contributed by atoms with Crippen LogP contribution in [0.2, 0.25) is 0 Å². The molecule has 0 unspecified atom stereocenters. The van der Waals surface area contributed by atoms with E-state index in [1.165, 1.54) is 81.9 Å². The number of para-hydroxylation sites is 2. The molecule has 300 valence electrons. The summed E-state index contributed by atoms with van der Waals surface area (Å²) in [7, 11) is 0. The highest BCUT2D eigenvalue weighted by atomic mass is 15.1. The molecular formula is C60H45N3. The van der Waals surface area contributed by atoms with Gasteiger partial charge in [0.2, 0.25) is 0 Å². The topological polar surface area (TPSA) is 10.9 Å². The lowest BCUT2D eigenvalue weighted by atomic mass is 9.97. The van der Waals surface area contributed by atoms with Gasteiger partial charge in [-0.05, 0) is 166 Å². The van der Waals surface area contributed by atoms with E-state index in [2.05, 4.69) is 240 Å². The highest BCUT2D eigenvalue weighted by Crippen LogP contribution is 2.46. The minimum atomic E-state index is 1.01. The van der Waals surface area contributed by atoms with Crippen molar-refractivity contribution in [3.63, 3.8) is 0 Å². The van der Waals surface area contributed by atoms with Crippen molar-refractivity contribution < 1.29 is 0 Å². The van der Waals surface area contributed by atoms with Gasteiger partial charge in [-0.2, -0.15) is 0 Å². The predicted molar refractivity (Wildman–Crippen MR) is 270 cm³/mol. The number of aromatic nitrogens is 1. The molecule has 10 aromatic carbocycles. The molecule has 0 aliphatic carbocycles. The number of anilines is 6. The molecule has 63 heavy (non-hydrogen) atoms. The number of rotatable bonds is 9. The minimum absolute atomic E-state index is 1.01. The smallest absolute Gasteiger partial charge is 0.0620 e. The van der Waals surface area contributed by atoms with E-state index in [0.29, 0.717) is 0 Å². The van der Waals surface area contributed by atoms with Crippen LogP contribution in [0.3, 0.4) is 0 Å². The zero-order valence-electron chi connectivity index (χ0n) is 35.5. The number of benzene rings is 10. The summed E-state index contributed by atoms with van der Waals surface area (Å²) in [6.07, 6.45) is 2.03. The third kappa shape index (κ3) is 6.19. The maximum Gasteiger partial charge on any atom is 0.0620 e. The van der Waals surface area contributed by atoms with Crippen LogP contribution in [0.1, 0.15) is 25.0 Å². The van der Waals surface area contributed by atoms with Crippen LogP contribution in [-0.4, -0.2) is 4.40 Å². The summed E-state index contributed by atoms with van der Waals surface area (Å²) in [6.45, 7) is 4.42. The first-order valence-electron chi connectivity index (χ1n) is 22.2. The van der Waals surface area contributed by atoms with Crippen molar-refractivity contribution in [2.24, 2.45) is 0 Å². The SMILES string of the molecule is CCc1ccc(N(c2ccccc2)c2ccc3cc4c5cc(-c6ccccc6)cc6c7cc8ccc(N(c9ccccc9)c9ccc(CC)cc9)cc8cc7n(c4cc3c2)c56)cc1. The normalized spacial score (nSPS) is 11.8. The van der Waals surface area contributed by atoms with Crippen LogP contribution in [0.25, 0.3) is 70.8 Å². The van der Waals surface area contributed by atoms with Gasteiger partial charge >= 0.3 is 0 Å². The number of nitrogens with zero attached hydrogens (tertiary/aromatic N) is 3. The molecule has 0 saturated carbocycles. The molecule has 0 aliphatic rings. The van der Waals surface area contributed by atoms with Crippen molar-refractivity contribution in [1.82, 2.24) is 4.40 Å². The van der Waals surface area contributed by atoms with E-state index in [0.717, 1.165) is 47.0 Å². The summed E-state index contributed by atoms with van der Waals surface area (Å²) in [5.41, 5.74) is 15.7. The van der Waals surface area contributed by atoms with E-state index < -0.39 is 0 Å². The molecule has 0 fully saturated rings. The first-order valence-corrected chi connectivity index (χ1v) is 22.2. The average molecular weight is 808 g/mol. The second-order valence-corrected chi connectivity index (χ2v) is 16.8. The summed E-state index contributed by atoms with van der Waals surface area (Å²) in [6, 6.07) is 78.6. The Balaban J connectivity index is 1.10. The fourth-order valence-corrected chi connectivity index (χ4v) is 9.89. The highest BCUT2D eigenvalue weighted by molar-refractivity contribution is 6.27. The zero-order valence-corrected chi connectivity index (χ0v) is 35.5. The third-order valence-electron chi connectivity index (χ3n) is 13.1. The van der Waals surface area contributed by atoms with Crippen LogP contribution in [0.15, 0.2) is 212 Å². The molecule has 0 aliphatic heterocycles. The molecule has 2 heterocycles. The molecule has 3 heteroatoms. The monoisotopic (exact) mass is 807 g/mol. The Morgan fingerprint density at radius 3 is 1.14 bits per heavy atom. The Morgan fingerprint density at radius 1 is 0.317 bits per heavy atom. The maximum atomic E-state index is 2.54. The van der Waals surface area contributed by atoms with Gasteiger partial charge in [-0.25, -0.2) is 0 Å². The molecule has 3 nitrogen and oxygen atoms in total. The summed E-state index contributed by atoms with van der Waals surface area (Å²) in [5.74, 6) is 0.